The highest BCUT2D eigenvalue weighted by atomic mass is 16.1. The summed E-state index contributed by atoms with van der Waals surface area (Å²) in [6, 6.07) is 14.8. The van der Waals surface area contributed by atoms with Crippen molar-refractivity contribution >= 4 is 11.6 Å². The van der Waals surface area contributed by atoms with Crippen LogP contribution >= 0.6 is 0 Å². The molecule has 0 saturated heterocycles. The fourth-order valence-electron chi connectivity index (χ4n) is 1.91. The van der Waals surface area contributed by atoms with Crippen molar-refractivity contribution in [1.82, 2.24) is 0 Å². The normalized spacial score (nSPS) is 9.80. The molecule has 0 fully saturated rings. The van der Waals surface area contributed by atoms with Crippen LogP contribution in [0.15, 0.2) is 42.5 Å². The Bertz CT molecular complexity index is 669. The van der Waals surface area contributed by atoms with E-state index in [0.29, 0.717) is 17.7 Å². The number of carbonyl (C=O) groups is 1. The number of hydrogen-bond donors (Lipinski definition) is 2. The quantitative estimate of drug-likeness (QED) is 0.891. The number of amides is 1. The van der Waals surface area contributed by atoms with Gasteiger partial charge in [-0.1, -0.05) is 6.07 Å². The Morgan fingerprint density at radius 3 is 2.50 bits per heavy atom. The molecule has 0 bridgehead atoms. The predicted octanol–water partition coefficient (Wildman–Crippen LogP) is 2.58. The first-order valence-corrected chi connectivity index (χ1v) is 6.23. The molecule has 0 radical (unpaired) electrons. The summed E-state index contributed by atoms with van der Waals surface area (Å²) in [5.74, 6) is -0.417. The second kappa shape index (κ2) is 5.89. The van der Waals surface area contributed by atoms with Gasteiger partial charge in [-0.3, -0.25) is 4.79 Å². The smallest absolute Gasteiger partial charge is 0.248 e. The lowest BCUT2D eigenvalue weighted by molar-refractivity contribution is 0.1000. The van der Waals surface area contributed by atoms with Crippen LogP contribution in [0.25, 0.3) is 0 Å². The maximum atomic E-state index is 11.1. The number of anilines is 1. The summed E-state index contributed by atoms with van der Waals surface area (Å²) in [5, 5.41) is 12.0. The Balaban J connectivity index is 2.07. The van der Waals surface area contributed by atoms with Crippen LogP contribution in [0, 0.1) is 18.3 Å². The number of aryl methyl sites for hydroxylation is 1. The molecule has 0 heterocycles. The van der Waals surface area contributed by atoms with Crippen LogP contribution in [0.5, 0.6) is 0 Å². The van der Waals surface area contributed by atoms with E-state index in [1.54, 1.807) is 24.3 Å². The van der Waals surface area contributed by atoms with Gasteiger partial charge in [0.15, 0.2) is 0 Å². The zero-order chi connectivity index (χ0) is 14.5. The second-order valence-electron chi connectivity index (χ2n) is 4.55. The first-order chi connectivity index (χ1) is 9.60. The molecule has 2 aromatic carbocycles. The molecule has 0 saturated carbocycles. The topological polar surface area (TPSA) is 78.9 Å². The van der Waals surface area contributed by atoms with Crippen LogP contribution in [-0.2, 0) is 6.54 Å². The maximum absolute atomic E-state index is 11.1. The van der Waals surface area contributed by atoms with Crippen LogP contribution in [0.2, 0.25) is 0 Å². The van der Waals surface area contributed by atoms with Crippen molar-refractivity contribution in [3.8, 4) is 6.07 Å². The van der Waals surface area contributed by atoms with Crippen molar-refractivity contribution in [3.05, 3.63) is 64.7 Å². The molecule has 0 aliphatic rings. The molecule has 0 atom stereocenters. The summed E-state index contributed by atoms with van der Waals surface area (Å²) >= 11 is 0. The number of hydrogen-bond acceptors (Lipinski definition) is 3. The van der Waals surface area contributed by atoms with E-state index in [9.17, 15) is 4.79 Å². The summed E-state index contributed by atoms with van der Waals surface area (Å²) < 4.78 is 0. The number of benzene rings is 2. The molecule has 20 heavy (non-hydrogen) atoms. The third-order valence-corrected chi connectivity index (χ3v) is 3.12. The van der Waals surface area contributed by atoms with Gasteiger partial charge in [-0.2, -0.15) is 5.26 Å². The van der Waals surface area contributed by atoms with E-state index < -0.39 is 5.91 Å². The summed E-state index contributed by atoms with van der Waals surface area (Å²) in [6.07, 6.45) is 0. The van der Waals surface area contributed by atoms with Crippen molar-refractivity contribution in [2.45, 2.75) is 13.5 Å². The van der Waals surface area contributed by atoms with Gasteiger partial charge in [0.25, 0.3) is 0 Å². The van der Waals surface area contributed by atoms with E-state index in [0.717, 1.165) is 16.8 Å². The Labute approximate surface area is 117 Å². The van der Waals surface area contributed by atoms with Gasteiger partial charge in [-0.05, 0) is 54.4 Å². The largest absolute Gasteiger partial charge is 0.381 e. The van der Waals surface area contributed by atoms with Gasteiger partial charge >= 0.3 is 0 Å². The monoisotopic (exact) mass is 265 g/mol. The fraction of sp³-hybridized carbons (Fsp3) is 0.125. The van der Waals surface area contributed by atoms with E-state index in [1.165, 1.54) is 0 Å². The third-order valence-electron chi connectivity index (χ3n) is 3.12. The number of carbonyl (C=O) groups excluding carboxylic acids is 1. The van der Waals surface area contributed by atoms with Gasteiger partial charge in [0, 0.05) is 17.8 Å². The molecular weight excluding hydrogens is 250 g/mol. The zero-order valence-corrected chi connectivity index (χ0v) is 11.2. The van der Waals surface area contributed by atoms with E-state index in [-0.39, 0.29) is 0 Å². The summed E-state index contributed by atoms with van der Waals surface area (Å²) in [4.78, 5) is 11.1. The van der Waals surface area contributed by atoms with Gasteiger partial charge in [0.2, 0.25) is 5.91 Å². The highest BCUT2D eigenvalue weighted by Gasteiger charge is 2.04. The molecule has 4 nitrogen and oxygen atoms in total. The minimum absolute atomic E-state index is 0.417. The summed E-state index contributed by atoms with van der Waals surface area (Å²) in [6.45, 7) is 2.60. The number of nitrogens with one attached hydrogen (secondary N) is 1. The van der Waals surface area contributed by atoms with E-state index >= 15 is 0 Å². The average molecular weight is 265 g/mol. The molecule has 4 heteroatoms. The predicted molar refractivity (Wildman–Crippen MR) is 78.2 cm³/mol. The van der Waals surface area contributed by atoms with Crippen molar-refractivity contribution < 1.29 is 4.79 Å². The number of nitrogens with two attached hydrogens (primary N) is 1. The first kappa shape index (κ1) is 13.6. The Hall–Kier alpha value is -2.80. The molecular formula is C16H15N3O. The molecule has 0 spiro atoms. The van der Waals surface area contributed by atoms with Gasteiger partial charge in [-0.15, -0.1) is 0 Å². The zero-order valence-electron chi connectivity index (χ0n) is 11.2. The fourth-order valence-corrected chi connectivity index (χ4v) is 1.91. The van der Waals surface area contributed by atoms with Gasteiger partial charge in [-0.25, -0.2) is 0 Å². The Morgan fingerprint density at radius 1 is 1.25 bits per heavy atom. The first-order valence-electron chi connectivity index (χ1n) is 6.23. The van der Waals surface area contributed by atoms with Crippen LogP contribution < -0.4 is 11.1 Å². The number of nitrogens with zero attached hydrogens (tertiary/aromatic N) is 1. The minimum atomic E-state index is -0.417. The lowest BCUT2D eigenvalue weighted by Gasteiger charge is -2.10. The maximum Gasteiger partial charge on any atom is 0.248 e. The van der Waals surface area contributed by atoms with Crippen molar-refractivity contribution in [1.29, 1.82) is 5.26 Å². The molecule has 3 N–H and O–H groups in total. The van der Waals surface area contributed by atoms with Crippen LogP contribution in [0.4, 0.5) is 5.69 Å². The molecule has 100 valence electrons. The van der Waals surface area contributed by atoms with E-state index in [2.05, 4.69) is 11.4 Å². The summed E-state index contributed by atoms with van der Waals surface area (Å²) in [5.41, 5.74) is 9.46. The second-order valence-corrected chi connectivity index (χ2v) is 4.55. The molecule has 1 amide bonds. The van der Waals surface area contributed by atoms with Crippen LogP contribution in [0.1, 0.15) is 27.0 Å². The highest BCUT2D eigenvalue weighted by molar-refractivity contribution is 5.93. The van der Waals surface area contributed by atoms with Crippen molar-refractivity contribution in [2.24, 2.45) is 5.73 Å². The third kappa shape index (κ3) is 3.15. The molecule has 0 aromatic heterocycles. The lowest BCUT2D eigenvalue weighted by atomic mass is 10.0. The van der Waals surface area contributed by atoms with Crippen molar-refractivity contribution in [3.63, 3.8) is 0 Å². The summed E-state index contributed by atoms with van der Waals surface area (Å²) in [7, 11) is 0. The standard InChI is InChI=1S/C16H15N3O/c1-11-8-13(16(18)20)4-5-14(11)10-19-15-6-2-12(9-17)3-7-15/h2-8,19H,10H2,1H3,(H2,18,20). The van der Waals surface area contributed by atoms with Crippen LogP contribution in [-0.4, -0.2) is 5.91 Å². The Kier molecular flexibility index (Phi) is 4.02. The molecule has 0 aliphatic carbocycles. The molecule has 2 aromatic rings. The van der Waals surface area contributed by atoms with Crippen molar-refractivity contribution in [2.75, 3.05) is 5.32 Å². The minimum Gasteiger partial charge on any atom is -0.381 e. The van der Waals surface area contributed by atoms with Gasteiger partial charge < -0.3 is 11.1 Å². The van der Waals surface area contributed by atoms with E-state index in [4.69, 9.17) is 11.0 Å². The number of primary amides is 1. The van der Waals surface area contributed by atoms with Gasteiger partial charge in [0.05, 0.1) is 11.6 Å². The molecule has 2 rings (SSSR count). The highest BCUT2D eigenvalue weighted by Crippen LogP contribution is 2.14. The molecule has 0 aliphatic heterocycles. The SMILES string of the molecule is Cc1cc(C(N)=O)ccc1CNc1ccc(C#N)cc1. The lowest BCUT2D eigenvalue weighted by Crippen LogP contribution is -2.11. The Morgan fingerprint density at radius 2 is 1.95 bits per heavy atom. The molecule has 0 unspecified atom stereocenters. The number of rotatable bonds is 4. The number of nitriles is 1. The van der Waals surface area contributed by atoms with Gasteiger partial charge in [0.1, 0.15) is 0 Å². The van der Waals surface area contributed by atoms with E-state index in [1.807, 2.05) is 25.1 Å². The average Bonchev–Trinajstić information content (AvgIpc) is 2.46. The van der Waals surface area contributed by atoms with Crippen LogP contribution in [0.3, 0.4) is 0 Å².